The number of hydrogen-bond acceptors (Lipinski definition) is 6. The van der Waals surface area contributed by atoms with Gasteiger partial charge in [-0.2, -0.15) is 4.98 Å². The minimum atomic E-state index is -0.478. The largest absolute Gasteiger partial charge is 0.508 e. The molecule has 2 aromatic carbocycles. The van der Waals surface area contributed by atoms with Crippen LogP contribution in [0.25, 0.3) is 22.5 Å². The summed E-state index contributed by atoms with van der Waals surface area (Å²) < 4.78 is 5.65. The number of aromatic amines is 1. The minimum Gasteiger partial charge on any atom is -0.508 e. The Bertz CT molecular complexity index is 1260. The number of hydrogen-bond donors (Lipinski definition) is 2. The lowest BCUT2D eigenvalue weighted by Gasteiger charge is -2.34. The molecule has 34 heavy (non-hydrogen) atoms. The topological polar surface area (TPSA) is 116 Å². The first-order chi connectivity index (χ1) is 16.3. The van der Waals surface area contributed by atoms with E-state index in [4.69, 9.17) is 4.74 Å². The van der Waals surface area contributed by atoms with Gasteiger partial charge in [0.25, 0.3) is 5.91 Å². The highest BCUT2D eigenvalue weighted by atomic mass is 16.5. The van der Waals surface area contributed by atoms with Crippen molar-refractivity contribution in [2.24, 2.45) is 0 Å². The van der Waals surface area contributed by atoms with E-state index in [1.54, 1.807) is 65.3 Å². The maximum atomic E-state index is 12.4. The van der Waals surface area contributed by atoms with Crippen molar-refractivity contribution >= 4 is 11.8 Å². The Hall–Kier alpha value is -4.14. The van der Waals surface area contributed by atoms with E-state index < -0.39 is 5.69 Å². The first kappa shape index (κ1) is 23.0. The van der Waals surface area contributed by atoms with Crippen molar-refractivity contribution in [1.82, 2.24) is 19.8 Å². The summed E-state index contributed by atoms with van der Waals surface area (Å²) in [6.45, 7) is 5.29. The molecule has 0 unspecified atom stereocenters. The number of piperazine rings is 1. The number of aryl methyl sites for hydroxylation is 1. The maximum absolute atomic E-state index is 12.4. The molecule has 2 N–H and O–H groups in total. The van der Waals surface area contributed by atoms with Crippen LogP contribution in [-0.4, -0.2) is 69.5 Å². The molecule has 1 fully saturated rings. The van der Waals surface area contributed by atoms with Crippen LogP contribution in [0.15, 0.2) is 53.3 Å². The number of benzene rings is 2. The quantitative estimate of drug-likeness (QED) is 0.601. The van der Waals surface area contributed by atoms with E-state index in [0.29, 0.717) is 48.9 Å². The Morgan fingerprint density at radius 2 is 1.65 bits per heavy atom. The van der Waals surface area contributed by atoms with E-state index in [9.17, 15) is 19.5 Å². The van der Waals surface area contributed by atoms with Gasteiger partial charge in [-0.05, 0) is 66.6 Å². The van der Waals surface area contributed by atoms with Gasteiger partial charge in [0, 0.05) is 38.7 Å². The van der Waals surface area contributed by atoms with Gasteiger partial charge in [-0.3, -0.25) is 9.59 Å². The van der Waals surface area contributed by atoms with E-state index in [1.165, 1.54) is 6.92 Å². The predicted molar refractivity (Wildman–Crippen MR) is 126 cm³/mol. The summed E-state index contributed by atoms with van der Waals surface area (Å²) in [7, 11) is 0. The molecule has 176 valence electrons. The van der Waals surface area contributed by atoms with Gasteiger partial charge in [-0.15, -0.1) is 0 Å². The number of aromatic nitrogens is 2. The Kier molecular flexibility index (Phi) is 6.62. The highest BCUT2D eigenvalue weighted by Gasteiger charge is 2.22. The number of aromatic hydroxyl groups is 1. The molecule has 1 aromatic heterocycles. The fraction of sp³-hybridized carbons (Fsp3) is 0.280. The monoisotopic (exact) mass is 462 g/mol. The second-order valence-corrected chi connectivity index (χ2v) is 8.19. The first-order valence-corrected chi connectivity index (χ1v) is 11.0. The smallest absolute Gasteiger partial charge is 0.345 e. The molecule has 2 heterocycles. The second-order valence-electron chi connectivity index (χ2n) is 8.19. The highest BCUT2D eigenvalue weighted by molar-refractivity contribution is 5.79. The van der Waals surface area contributed by atoms with Crippen LogP contribution in [0.3, 0.4) is 0 Å². The zero-order chi connectivity index (χ0) is 24.2. The van der Waals surface area contributed by atoms with E-state index in [1.807, 2.05) is 0 Å². The van der Waals surface area contributed by atoms with Gasteiger partial charge >= 0.3 is 5.69 Å². The van der Waals surface area contributed by atoms with Crippen molar-refractivity contribution in [1.29, 1.82) is 0 Å². The van der Waals surface area contributed by atoms with Crippen molar-refractivity contribution in [2.45, 2.75) is 13.8 Å². The van der Waals surface area contributed by atoms with Gasteiger partial charge in [0.15, 0.2) is 6.61 Å². The number of ether oxygens (including phenoxy) is 1. The molecular formula is C25H26N4O5. The van der Waals surface area contributed by atoms with Crippen LogP contribution in [-0.2, 0) is 9.59 Å². The fourth-order valence-electron chi connectivity index (χ4n) is 3.81. The van der Waals surface area contributed by atoms with Crippen molar-refractivity contribution in [3.63, 3.8) is 0 Å². The minimum absolute atomic E-state index is 0.0179. The molecule has 3 aromatic rings. The molecule has 1 aliphatic heterocycles. The number of rotatable bonds is 5. The van der Waals surface area contributed by atoms with Crippen LogP contribution in [0.5, 0.6) is 11.5 Å². The molecule has 1 saturated heterocycles. The summed E-state index contributed by atoms with van der Waals surface area (Å²) >= 11 is 0. The molecule has 0 saturated carbocycles. The van der Waals surface area contributed by atoms with Crippen LogP contribution >= 0.6 is 0 Å². The standard InChI is InChI=1S/C25H26N4O5/c1-16-13-19(5-8-23(16)31)22-14-21(26-25(33)27-22)18-3-6-20(7-4-18)34-15-24(32)29-11-9-28(10-12-29)17(2)30/h3-8,13-14,31H,9-12,15H2,1-2H3,(H,26,27,33). The zero-order valence-corrected chi connectivity index (χ0v) is 19.1. The summed E-state index contributed by atoms with van der Waals surface area (Å²) in [4.78, 5) is 46.2. The Labute approximate surface area is 196 Å². The number of nitrogens with zero attached hydrogens (tertiary/aromatic N) is 3. The molecule has 0 bridgehead atoms. The van der Waals surface area contributed by atoms with E-state index in [2.05, 4.69) is 9.97 Å². The van der Waals surface area contributed by atoms with Crippen LogP contribution in [0.1, 0.15) is 12.5 Å². The normalized spacial score (nSPS) is 13.6. The number of nitrogens with one attached hydrogen (secondary N) is 1. The third-order valence-electron chi connectivity index (χ3n) is 5.84. The SMILES string of the molecule is CC(=O)N1CCN(C(=O)COc2ccc(-c3cc(-c4ccc(O)c(C)c4)nc(=O)[nH]3)cc2)CC1. The molecule has 0 spiro atoms. The Morgan fingerprint density at radius 1 is 1.00 bits per heavy atom. The molecule has 0 aliphatic carbocycles. The van der Waals surface area contributed by atoms with Crippen LogP contribution in [0, 0.1) is 6.92 Å². The first-order valence-electron chi connectivity index (χ1n) is 11.0. The number of phenols is 1. The summed E-state index contributed by atoms with van der Waals surface area (Å²) in [5, 5.41) is 9.75. The average Bonchev–Trinajstić information content (AvgIpc) is 2.84. The van der Waals surface area contributed by atoms with Gasteiger partial charge in [-0.25, -0.2) is 4.79 Å². The van der Waals surface area contributed by atoms with Crippen molar-refractivity contribution in [3.8, 4) is 34.0 Å². The number of carbonyl (C=O) groups is 2. The van der Waals surface area contributed by atoms with Crippen LogP contribution < -0.4 is 10.4 Å². The summed E-state index contributed by atoms with van der Waals surface area (Å²) in [5.74, 6) is 0.607. The van der Waals surface area contributed by atoms with Gasteiger partial charge in [0.05, 0.1) is 11.4 Å². The lowest BCUT2D eigenvalue weighted by atomic mass is 10.1. The third kappa shape index (κ3) is 5.25. The van der Waals surface area contributed by atoms with Gasteiger partial charge in [0.1, 0.15) is 11.5 Å². The van der Waals surface area contributed by atoms with E-state index in [0.717, 1.165) is 11.1 Å². The lowest BCUT2D eigenvalue weighted by Crippen LogP contribution is -2.51. The summed E-state index contributed by atoms with van der Waals surface area (Å²) in [6, 6.07) is 13.9. The van der Waals surface area contributed by atoms with Crippen molar-refractivity contribution < 1.29 is 19.4 Å². The van der Waals surface area contributed by atoms with Crippen LogP contribution in [0.4, 0.5) is 0 Å². The third-order valence-corrected chi connectivity index (χ3v) is 5.84. The van der Waals surface area contributed by atoms with Gasteiger partial charge in [0.2, 0.25) is 5.91 Å². The average molecular weight is 463 g/mol. The maximum Gasteiger partial charge on any atom is 0.345 e. The summed E-state index contributed by atoms with van der Waals surface area (Å²) in [5.41, 5.74) is 2.79. The summed E-state index contributed by atoms with van der Waals surface area (Å²) in [6.07, 6.45) is 0. The molecule has 9 heteroatoms. The van der Waals surface area contributed by atoms with E-state index in [-0.39, 0.29) is 24.2 Å². The number of carbonyl (C=O) groups excluding carboxylic acids is 2. The second kappa shape index (κ2) is 9.78. The molecule has 9 nitrogen and oxygen atoms in total. The molecule has 1 aliphatic rings. The fourth-order valence-corrected chi connectivity index (χ4v) is 3.81. The number of phenolic OH excluding ortho intramolecular Hbond substituents is 1. The molecule has 0 radical (unpaired) electrons. The van der Waals surface area contributed by atoms with Crippen LogP contribution in [0.2, 0.25) is 0 Å². The van der Waals surface area contributed by atoms with Gasteiger partial charge in [-0.1, -0.05) is 0 Å². The molecule has 0 atom stereocenters. The number of amides is 2. The lowest BCUT2D eigenvalue weighted by molar-refractivity contribution is -0.139. The van der Waals surface area contributed by atoms with E-state index >= 15 is 0 Å². The molecular weight excluding hydrogens is 436 g/mol. The Morgan fingerprint density at radius 3 is 2.29 bits per heavy atom. The van der Waals surface area contributed by atoms with Crippen molar-refractivity contribution in [2.75, 3.05) is 32.8 Å². The van der Waals surface area contributed by atoms with Crippen molar-refractivity contribution in [3.05, 3.63) is 64.6 Å². The predicted octanol–water partition coefficient (Wildman–Crippen LogP) is 2.19. The number of H-pyrrole nitrogens is 1. The molecule has 4 rings (SSSR count). The Balaban J connectivity index is 1.41. The zero-order valence-electron chi connectivity index (χ0n) is 19.1. The van der Waals surface area contributed by atoms with Gasteiger partial charge < -0.3 is 24.6 Å². The molecule has 2 amide bonds. The highest BCUT2D eigenvalue weighted by Crippen LogP contribution is 2.26.